The van der Waals surface area contributed by atoms with Crippen LogP contribution in [0.2, 0.25) is 8.94 Å². The normalized spacial score (nSPS) is 10.8. The molecular formula is C12H20OTe2. The van der Waals surface area contributed by atoms with Gasteiger partial charge in [0.25, 0.3) is 0 Å². The maximum atomic E-state index is 5.89. The van der Waals surface area contributed by atoms with E-state index in [1.54, 1.807) is 0 Å². The van der Waals surface area contributed by atoms with Crippen LogP contribution in [0.4, 0.5) is 0 Å². The Bertz CT molecular complexity index is 233. The zero-order valence-electron chi connectivity index (χ0n) is 9.62. The summed E-state index contributed by atoms with van der Waals surface area (Å²) < 4.78 is 11.4. The standard InChI is InChI=1S/C12H20OTe2/c1-3-5-9-14-11-7-8-12(13-11)15-10-6-4-2/h7-8H,3-6,9-10H2,1-2H3. The molecule has 1 heterocycles. The average Bonchev–Trinajstić information content (AvgIpc) is 2.67. The Morgan fingerprint density at radius 2 is 1.40 bits per heavy atom. The molecule has 1 rings (SSSR count). The zero-order valence-corrected chi connectivity index (χ0v) is 14.3. The van der Waals surface area contributed by atoms with E-state index < -0.39 is 0 Å². The fourth-order valence-electron chi connectivity index (χ4n) is 1.09. The molecule has 0 aliphatic carbocycles. The third-order valence-corrected chi connectivity index (χ3v) is 7.73. The van der Waals surface area contributed by atoms with E-state index in [1.807, 2.05) is 0 Å². The zero-order chi connectivity index (χ0) is 10.9. The third kappa shape index (κ3) is 6.23. The van der Waals surface area contributed by atoms with Crippen molar-refractivity contribution in [3.8, 4) is 0 Å². The molecule has 86 valence electrons. The van der Waals surface area contributed by atoms with E-state index in [9.17, 15) is 0 Å². The van der Waals surface area contributed by atoms with E-state index in [2.05, 4.69) is 26.0 Å². The van der Waals surface area contributed by atoms with Gasteiger partial charge in [0.05, 0.1) is 0 Å². The Balaban J connectivity index is 2.23. The monoisotopic (exact) mass is 440 g/mol. The van der Waals surface area contributed by atoms with Crippen molar-refractivity contribution >= 4 is 49.5 Å². The first-order chi connectivity index (χ1) is 7.36. The van der Waals surface area contributed by atoms with Gasteiger partial charge in [-0.15, -0.1) is 0 Å². The summed E-state index contributed by atoms with van der Waals surface area (Å²) in [6, 6.07) is 4.48. The van der Waals surface area contributed by atoms with Gasteiger partial charge >= 0.3 is 114 Å². The molecule has 0 saturated heterocycles. The van der Waals surface area contributed by atoms with Crippen LogP contribution in [0.3, 0.4) is 0 Å². The van der Waals surface area contributed by atoms with Crippen LogP contribution in [0.1, 0.15) is 39.5 Å². The van der Waals surface area contributed by atoms with Crippen LogP contribution >= 0.6 is 0 Å². The second-order valence-corrected chi connectivity index (χ2v) is 9.75. The van der Waals surface area contributed by atoms with Crippen LogP contribution in [-0.2, 0) is 0 Å². The molecule has 1 nitrogen and oxygen atoms in total. The molecule has 3 heteroatoms. The SMILES string of the molecule is CCCC[Te]c1ccc([Te]CCCC)o1. The summed E-state index contributed by atoms with van der Waals surface area (Å²) in [6.45, 7) is 4.52. The molecule has 0 amide bonds. The van der Waals surface area contributed by atoms with Gasteiger partial charge < -0.3 is 0 Å². The van der Waals surface area contributed by atoms with E-state index in [1.165, 1.54) is 42.2 Å². The molecule has 0 aromatic carbocycles. The van der Waals surface area contributed by atoms with Gasteiger partial charge in [-0.25, -0.2) is 0 Å². The van der Waals surface area contributed by atoms with Crippen LogP contribution < -0.4 is 7.62 Å². The molecule has 0 bridgehead atoms. The summed E-state index contributed by atoms with van der Waals surface area (Å²) in [5.41, 5.74) is 0. The summed E-state index contributed by atoms with van der Waals surface area (Å²) >= 11 is 0.00296. The van der Waals surface area contributed by atoms with Crippen LogP contribution in [0.15, 0.2) is 16.5 Å². The van der Waals surface area contributed by atoms with Crippen molar-refractivity contribution in [2.45, 2.75) is 48.5 Å². The second-order valence-electron chi connectivity index (χ2n) is 3.48. The van der Waals surface area contributed by atoms with Gasteiger partial charge in [0.1, 0.15) is 0 Å². The van der Waals surface area contributed by atoms with Crippen molar-refractivity contribution < 1.29 is 4.42 Å². The molecule has 0 aliphatic heterocycles. The van der Waals surface area contributed by atoms with Crippen molar-refractivity contribution in [2.75, 3.05) is 0 Å². The van der Waals surface area contributed by atoms with Crippen molar-refractivity contribution in [1.29, 1.82) is 0 Å². The number of unbranched alkanes of at least 4 members (excludes halogenated alkanes) is 2. The first kappa shape index (κ1) is 13.9. The summed E-state index contributed by atoms with van der Waals surface area (Å²) in [4.78, 5) is 0. The molecule has 1 aromatic heterocycles. The van der Waals surface area contributed by atoms with E-state index in [0.29, 0.717) is 0 Å². The van der Waals surface area contributed by atoms with Crippen molar-refractivity contribution in [3.05, 3.63) is 12.1 Å². The van der Waals surface area contributed by atoms with Crippen LogP contribution in [0.25, 0.3) is 0 Å². The van der Waals surface area contributed by atoms with Gasteiger partial charge in [-0.3, -0.25) is 0 Å². The molecule has 0 aliphatic rings. The number of rotatable bonds is 8. The average molecular weight is 435 g/mol. The van der Waals surface area contributed by atoms with E-state index >= 15 is 0 Å². The van der Waals surface area contributed by atoms with Crippen LogP contribution in [0.5, 0.6) is 0 Å². The first-order valence-electron chi connectivity index (χ1n) is 5.72. The Morgan fingerprint density at radius 3 is 1.80 bits per heavy atom. The van der Waals surface area contributed by atoms with Gasteiger partial charge in [-0.2, -0.15) is 0 Å². The molecule has 0 saturated carbocycles. The molecule has 1 aromatic rings. The minimum absolute atomic E-state index is 0.00148. The Labute approximate surface area is 114 Å². The number of hydrogen-bond donors (Lipinski definition) is 0. The second kappa shape index (κ2) is 8.95. The third-order valence-electron chi connectivity index (χ3n) is 2.04. The quantitative estimate of drug-likeness (QED) is 0.452. The minimum atomic E-state index is 0.00148. The molecular weight excluding hydrogens is 415 g/mol. The van der Waals surface area contributed by atoms with Crippen molar-refractivity contribution in [1.82, 2.24) is 0 Å². The number of furan rings is 1. The van der Waals surface area contributed by atoms with Crippen LogP contribution in [0, 0.1) is 0 Å². The molecule has 0 fully saturated rings. The van der Waals surface area contributed by atoms with Gasteiger partial charge in [0.2, 0.25) is 0 Å². The van der Waals surface area contributed by atoms with Gasteiger partial charge in [0.15, 0.2) is 0 Å². The maximum absolute atomic E-state index is 5.89. The Morgan fingerprint density at radius 1 is 0.933 bits per heavy atom. The van der Waals surface area contributed by atoms with Crippen LogP contribution in [-0.4, -0.2) is 41.8 Å². The topological polar surface area (TPSA) is 13.1 Å². The number of hydrogen-bond acceptors (Lipinski definition) is 1. The van der Waals surface area contributed by atoms with Gasteiger partial charge in [-0.05, 0) is 0 Å². The summed E-state index contributed by atoms with van der Waals surface area (Å²) in [6.07, 6.45) is 5.40. The van der Waals surface area contributed by atoms with E-state index in [-0.39, 0.29) is 41.8 Å². The fraction of sp³-hybridized carbons (Fsp3) is 0.667. The predicted molar refractivity (Wildman–Crippen MR) is 68.9 cm³/mol. The molecule has 0 unspecified atom stereocenters. The van der Waals surface area contributed by atoms with E-state index in [4.69, 9.17) is 4.42 Å². The Hall–Kier alpha value is 0.859. The van der Waals surface area contributed by atoms with E-state index in [0.717, 1.165) is 0 Å². The summed E-state index contributed by atoms with van der Waals surface area (Å²) in [5, 5.41) is 0. The van der Waals surface area contributed by atoms with Crippen molar-refractivity contribution in [2.24, 2.45) is 0 Å². The molecule has 0 spiro atoms. The van der Waals surface area contributed by atoms with Gasteiger partial charge in [0, 0.05) is 0 Å². The van der Waals surface area contributed by atoms with Gasteiger partial charge in [-0.1, -0.05) is 0 Å². The fourth-order valence-corrected chi connectivity index (χ4v) is 7.01. The molecule has 0 radical (unpaired) electrons. The van der Waals surface area contributed by atoms with Crippen molar-refractivity contribution in [3.63, 3.8) is 0 Å². The molecule has 0 N–H and O–H groups in total. The summed E-state index contributed by atoms with van der Waals surface area (Å²) in [5.74, 6) is 0. The first-order valence-corrected chi connectivity index (χ1v) is 11.3. The molecule has 15 heavy (non-hydrogen) atoms. The summed E-state index contributed by atoms with van der Waals surface area (Å²) in [7, 11) is 0. The Kier molecular flexibility index (Phi) is 8.31. The molecule has 0 atom stereocenters. The predicted octanol–water partition coefficient (Wildman–Crippen LogP) is 2.38.